The van der Waals surface area contributed by atoms with Gasteiger partial charge in [0.15, 0.2) is 5.82 Å². The van der Waals surface area contributed by atoms with Gasteiger partial charge in [0, 0.05) is 15.6 Å². The summed E-state index contributed by atoms with van der Waals surface area (Å²) in [5, 5.41) is 5.76. The lowest BCUT2D eigenvalue weighted by atomic mass is 9.89. The number of fused-ring (bicyclic) bond motifs is 1. The van der Waals surface area contributed by atoms with Crippen molar-refractivity contribution in [3.63, 3.8) is 0 Å². The van der Waals surface area contributed by atoms with E-state index in [9.17, 15) is 18.0 Å². The summed E-state index contributed by atoms with van der Waals surface area (Å²) in [7, 11) is 0. The SMILES string of the molecule is C[C@H]1Nn2c(nn(Cc3ccc(C(F)(F)F)cc3)c2=O)C(c2ccc(Cl)cc2)=C1c1ccc(Cl)cc1. The largest absolute Gasteiger partial charge is 0.416 e. The average Bonchev–Trinajstić information content (AvgIpc) is 3.14. The minimum absolute atomic E-state index is 0.0111. The summed E-state index contributed by atoms with van der Waals surface area (Å²) in [5.41, 5.74) is 5.89. The van der Waals surface area contributed by atoms with Crippen molar-refractivity contribution in [3.05, 3.63) is 121 Å². The molecule has 0 radical (unpaired) electrons. The molecule has 0 bridgehead atoms. The van der Waals surface area contributed by atoms with E-state index in [-0.39, 0.29) is 12.6 Å². The minimum atomic E-state index is -4.43. The lowest BCUT2D eigenvalue weighted by Gasteiger charge is -2.28. The van der Waals surface area contributed by atoms with Crippen molar-refractivity contribution < 1.29 is 13.2 Å². The number of benzene rings is 3. The zero-order chi connectivity index (χ0) is 25.6. The number of aromatic nitrogens is 3. The van der Waals surface area contributed by atoms with Gasteiger partial charge in [0.25, 0.3) is 0 Å². The van der Waals surface area contributed by atoms with Crippen molar-refractivity contribution in [3.8, 4) is 0 Å². The molecule has 1 atom stereocenters. The Morgan fingerprint density at radius 3 is 2.00 bits per heavy atom. The van der Waals surface area contributed by atoms with Crippen molar-refractivity contribution in [1.82, 2.24) is 14.5 Å². The Morgan fingerprint density at radius 1 is 0.889 bits per heavy atom. The zero-order valence-electron chi connectivity index (χ0n) is 18.9. The number of nitrogens with one attached hydrogen (secondary N) is 1. The first kappa shape index (κ1) is 24.2. The molecule has 0 aliphatic carbocycles. The van der Waals surface area contributed by atoms with Crippen molar-refractivity contribution >= 4 is 34.3 Å². The minimum Gasteiger partial charge on any atom is -0.313 e. The highest BCUT2D eigenvalue weighted by atomic mass is 35.5. The molecule has 1 aliphatic heterocycles. The van der Waals surface area contributed by atoms with Crippen LogP contribution in [0.15, 0.2) is 77.6 Å². The van der Waals surface area contributed by atoms with Crippen molar-refractivity contribution in [1.29, 1.82) is 0 Å². The molecule has 5 nitrogen and oxygen atoms in total. The van der Waals surface area contributed by atoms with Gasteiger partial charge < -0.3 is 5.43 Å². The van der Waals surface area contributed by atoms with Crippen molar-refractivity contribution in [2.24, 2.45) is 0 Å². The summed E-state index contributed by atoms with van der Waals surface area (Å²) in [6.45, 7) is 1.94. The van der Waals surface area contributed by atoms with E-state index < -0.39 is 17.4 Å². The van der Waals surface area contributed by atoms with Gasteiger partial charge in [-0.15, -0.1) is 5.10 Å². The number of nitrogens with zero attached hydrogens (tertiary/aromatic N) is 3. The Hall–Kier alpha value is -3.49. The molecule has 36 heavy (non-hydrogen) atoms. The third kappa shape index (κ3) is 4.54. The van der Waals surface area contributed by atoms with Gasteiger partial charge in [-0.25, -0.2) is 9.48 Å². The van der Waals surface area contributed by atoms with Crippen LogP contribution in [0.4, 0.5) is 13.2 Å². The van der Waals surface area contributed by atoms with Crippen LogP contribution in [-0.2, 0) is 12.7 Å². The third-order valence-corrected chi connectivity index (χ3v) is 6.49. The Labute approximate surface area is 214 Å². The van der Waals surface area contributed by atoms with Gasteiger partial charge >= 0.3 is 11.9 Å². The van der Waals surface area contributed by atoms with E-state index in [0.29, 0.717) is 21.4 Å². The van der Waals surface area contributed by atoms with Crippen molar-refractivity contribution in [2.45, 2.75) is 25.7 Å². The molecular weight excluding hydrogens is 512 g/mol. The van der Waals surface area contributed by atoms with Crippen LogP contribution in [-0.4, -0.2) is 20.5 Å². The topological polar surface area (TPSA) is 51.9 Å². The van der Waals surface area contributed by atoms with E-state index in [0.717, 1.165) is 34.4 Å². The number of rotatable bonds is 4. The van der Waals surface area contributed by atoms with Gasteiger partial charge in [-0.1, -0.05) is 59.6 Å². The molecule has 10 heteroatoms. The van der Waals surface area contributed by atoms with Gasteiger partial charge in [-0.3, -0.25) is 0 Å². The molecule has 0 saturated carbocycles. The average molecular weight is 531 g/mol. The Bertz CT molecular complexity index is 1500. The molecule has 1 N–H and O–H groups in total. The monoisotopic (exact) mass is 530 g/mol. The maximum absolute atomic E-state index is 13.3. The lowest BCUT2D eigenvalue weighted by Crippen LogP contribution is -2.39. The molecule has 1 aromatic heterocycles. The van der Waals surface area contributed by atoms with Gasteiger partial charge in [-0.05, 0) is 65.6 Å². The molecule has 2 heterocycles. The van der Waals surface area contributed by atoms with Gasteiger partial charge in [0.2, 0.25) is 0 Å². The summed E-state index contributed by atoms with van der Waals surface area (Å²) < 4.78 is 41.4. The van der Waals surface area contributed by atoms with Crippen LogP contribution in [0.5, 0.6) is 0 Å². The van der Waals surface area contributed by atoms with Crippen LogP contribution in [0.2, 0.25) is 10.0 Å². The third-order valence-electron chi connectivity index (χ3n) is 5.99. The van der Waals surface area contributed by atoms with Crippen LogP contribution in [0.25, 0.3) is 11.1 Å². The van der Waals surface area contributed by atoms with E-state index >= 15 is 0 Å². The maximum atomic E-state index is 13.3. The summed E-state index contributed by atoms with van der Waals surface area (Å²) in [5.74, 6) is 0.386. The normalized spacial score (nSPS) is 15.6. The quantitative estimate of drug-likeness (QED) is 0.335. The summed E-state index contributed by atoms with van der Waals surface area (Å²) in [4.78, 5) is 13.3. The lowest BCUT2D eigenvalue weighted by molar-refractivity contribution is -0.137. The van der Waals surface area contributed by atoms with Crippen LogP contribution >= 0.6 is 23.2 Å². The van der Waals surface area contributed by atoms with Crippen LogP contribution in [0.3, 0.4) is 0 Å². The summed E-state index contributed by atoms with van der Waals surface area (Å²) >= 11 is 12.2. The Kier molecular flexibility index (Phi) is 6.18. The van der Waals surface area contributed by atoms with Crippen LogP contribution < -0.4 is 11.1 Å². The van der Waals surface area contributed by atoms with Gasteiger partial charge in [-0.2, -0.15) is 17.8 Å². The molecule has 184 valence electrons. The van der Waals surface area contributed by atoms with Gasteiger partial charge in [0.1, 0.15) is 0 Å². The summed E-state index contributed by atoms with van der Waals surface area (Å²) in [6.07, 6.45) is -4.43. The fourth-order valence-electron chi connectivity index (χ4n) is 4.28. The number of hydrogen-bond acceptors (Lipinski definition) is 3. The predicted molar refractivity (Wildman–Crippen MR) is 135 cm³/mol. The molecule has 5 rings (SSSR count). The second-order valence-corrected chi connectivity index (χ2v) is 9.32. The van der Waals surface area contributed by atoms with E-state index in [1.54, 1.807) is 24.3 Å². The molecule has 0 unspecified atom stereocenters. The second-order valence-electron chi connectivity index (χ2n) is 8.45. The number of hydrogen-bond donors (Lipinski definition) is 1. The molecular formula is C26H19Cl2F3N4O. The number of alkyl halides is 3. The van der Waals surface area contributed by atoms with E-state index in [1.807, 2.05) is 31.2 Å². The van der Waals surface area contributed by atoms with Crippen LogP contribution in [0.1, 0.15) is 35.0 Å². The maximum Gasteiger partial charge on any atom is 0.416 e. The standard InChI is InChI=1S/C26H19Cl2F3N4O/c1-15-22(17-4-10-20(27)11-5-17)23(18-6-12-21(28)13-7-18)24-33-34(25(36)35(24)32-15)14-16-2-8-19(9-3-16)26(29,30)31/h2-13,15,32H,14H2,1H3/t15-/m1/s1. The summed E-state index contributed by atoms with van der Waals surface area (Å²) in [6, 6.07) is 19.0. The molecule has 4 aromatic rings. The first-order valence-electron chi connectivity index (χ1n) is 11.0. The molecule has 0 amide bonds. The molecule has 3 aromatic carbocycles. The van der Waals surface area contributed by atoms with E-state index in [2.05, 4.69) is 10.5 Å². The second kappa shape index (κ2) is 9.19. The van der Waals surface area contributed by atoms with Crippen molar-refractivity contribution in [2.75, 3.05) is 5.43 Å². The highest BCUT2D eigenvalue weighted by Crippen LogP contribution is 2.37. The highest BCUT2D eigenvalue weighted by molar-refractivity contribution is 6.31. The Balaban J connectivity index is 1.64. The molecule has 0 spiro atoms. The smallest absolute Gasteiger partial charge is 0.313 e. The zero-order valence-corrected chi connectivity index (χ0v) is 20.4. The fraction of sp³-hybridized carbons (Fsp3) is 0.154. The fourth-order valence-corrected chi connectivity index (χ4v) is 4.53. The van der Waals surface area contributed by atoms with Crippen LogP contribution in [0, 0.1) is 0 Å². The highest BCUT2D eigenvalue weighted by Gasteiger charge is 2.32. The Morgan fingerprint density at radius 2 is 1.44 bits per heavy atom. The first-order valence-corrected chi connectivity index (χ1v) is 11.8. The molecule has 0 fully saturated rings. The van der Waals surface area contributed by atoms with E-state index in [1.165, 1.54) is 21.5 Å². The van der Waals surface area contributed by atoms with E-state index in [4.69, 9.17) is 23.2 Å². The predicted octanol–water partition coefficient (Wildman–Crippen LogP) is 6.32. The molecule has 0 saturated heterocycles. The number of halogens is 5. The first-order chi connectivity index (χ1) is 17.1. The van der Waals surface area contributed by atoms with Gasteiger partial charge in [0.05, 0.1) is 18.2 Å². The molecule has 1 aliphatic rings.